The smallest absolute Gasteiger partial charge is 0.0469 e. The van der Waals surface area contributed by atoms with Crippen molar-refractivity contribution in [1.82, 2.24) is 0 Å². The van der Waals surface area contributed by atoms with Gasteiger partial charge in [0.1, 0.15) is 0 Å². The fourth-order valence-electron chi connectivity index (χ4n) is 3.33. The van der Waals surface area contributed by atoms with Crippen molar-refractivity contribution in [2.45, 2.75) is 59.0 Å². The minimum atomic E-state index is 0. The molecule has 4 heteroatoms. The molecule has 0 bridgehead atoms. The molecule has 0 heterocycles. The molecule has 0 saturated heterocycles. The number of aryl methyl sites for hydroxylation is 2. The maximum Gasteiger partial charge on any atom is -0.0469 e. The van der Waals surface area contributed by atoms with Crippen LogP contribution in [0.4, 0.5) is 0 Å². The van der Waals surface area contributed by atoms with E-state index < -0.39 is 0 Å². The molecule has 1 aliphatic carbocycles. The first kappa shape index (κ1) is 29.5. The average molecular weight is 535 g/mol. The Bertz CT molecular complexity index is 895. The predicted molar refractivity (Wildman–Crippen MR) is 124 cm³/mol. The predicted octanol–water partition coefficient (Wildman–Crippen LogP) is 1.99. The van der Waals surface area contributed by atoms with Crippen LogP contribution in [0.2, 0.25) is 12.1 Å². The van der Waals surface area contributed by atoms with Crippen LogP contribution >= 0.6 is 0 Å². The minimum absolute atomic E-state index is 0. The van der Waals surface area contributed by atoms with Crippen LogP contribution in [0.1, 0.15) is 44.2 Å². The van der Waals surface area contributed by atoms with Crippen LogP contribution in [0.5, 0.6) is 0 Å². The van der Waals surface area contributed by atoms with Gasteiger partial charge >= 0.3 is 67.5 Å². The van der Waals surface area contributed by atoms with E-state index in [1.807, 2.05) is 35.5 Å². The molecule has 3 aromatic carbocycles. The molecular weight excluding hydrogens is 503 g/mol. The minimum Gasteiger partial charge on any atom is -1.00 e. The van der Waals surface area contributed by atoms with Gasteiger partial charge in [-0.2, -0.15) is 6.08 Å². The summed E-state index contributed by atoms with van der Waals surface area (Å²) < 4.78 is 0. The Kier molecular flexibility index (Phi) is 15.9. The zero-order valence-corrected chi connectivity index (χ0v) is 23.5. The third-order valence-electron chi connectivity index (χ3n) is 4.70. The molecule has 0 unspecified atom stereocenters. The van der Waals surface area contributed by atoms with Crippen molar-refractivity contribution in [3.05, 3.63) is 77.9 Å². The average Bonchev–Trinajstić information content (AvgIpc) is 3.33. The molecule has 0 radical (unpaired) electrons. The van der Waals surface area contributed by atoms with Gasteiger partial charge in [0.05, 0.1) is 0 Å². The summed E-state index contributed by atoms with van der Waals surface area (Å²) in [6, 6.07) is 18.7. The van der Waals surface area contributed by atoms with Crippen LogP contribution in [0.3, 0.4) is 0 Å². The second-order valence-electron chi connectivity index (χ2n) is 7.43. The summed E-state index contributed by atoms with van der Waals surface area (Å²) >= 11 is 1.84. The molecular formula is C26H32Cl2SiZr-2. The van der Waals surface area contributed by atoms with Crippen molar-refractivity contribution in [2.75, 3.05) is 0 Å². The van der Waals surface area contributed by atoms with E-state index in [1.165, 1.54) is 45.5 Å². The van der Waals surface area contributed by atoms with Crippen molar-refractivity contribution in [3.63, 3.8) is 0 Å². The summed E-state index contributed by atoms with van der Waals surface area (Å²) in [6.45, 7) is 8.87. The zero-order valence-electron chi connectivity index (χ0n) is 18.6. The Balaban J connectivity index is 0.000000479. The molecule has 3 aromatic rings. The van der Waals surface area contributed by atoms with Gasteiger partial charge in [-0.05, 0) is 13.8 Å². The molecule has 160 valence electrons. The Morgan fingerprint density at radius 3 is 1.73 bits per heavy atom. The molecule has 0 aromatic heterocycles. The van der Waals surface area contributed by atoms with Crippen LogP contribution in [0.15, 0.2) is 60.7 Å². The monoisotopic (exact) mass is 532 g/mol. The third-order valence-corrected chi connectivity index (χ3v) is 10.6. The van der Waals surface area contributed by atoms with Gasteiger partial charge in [-0.15, -0.1) is 46.2 Å². The van der Waals surface area contributed by atoms with E-state index in [0.29, 0.717) is 0 Å². The fraction of sp³-hybridized carbons (Fsp3) is 0.346. The number of fused-ring (bicyclic) bond motifs is 3. The number of benzene rings is 2. The third kappa shape index (κ3) is 9.73. The molecule has 1 aliphatic rings. The molecule has 30 heavy (non-hydrogen) atoms. The first-order valence-electron chi connectivity index (χ1n) is 10.4. The molecule has 0 saturated carbocycles. The number of allylic oxidation sites excluding steroid dienone is 4. The maximum absolute atomic E-state index is 2.99. The van der Waals surface area contributed by atoms with Gasteiger partial charge in [0.25, 0.3) is 0 Å². The SMILES string of the molecule is CCC[Si](=[Zr+2])CCC.Cc1ccc2c(c1)[cH-]c1cc(C)ccc12.[C-]1=CC=CC1.[Cl-].[Cl-]. The van der Waals surface area contributed by atoms with Crippen molar-refractivity contribution in [2.24, 2.45) is 0 Å². The maximum atomic E-state index is 2.99. The Morgan fingerprint density at radius 2 is 1.40 bits per heavy atom. The Morgan fingerprint density at radius 1 is 0.900 bits per heavy atom. The quantitative estimate of drug-likeness (QED) is 0.355. The van der Waals surface area contributed by atoms with Crippen LogP contribution in [0, 0.1) is 19.9 Å². The van der Waals surface area contributed by atoms with Gasteiger partial charge in [0.2, 0.25) is 0 Å². The summed E-state index contributed by atoms with van der Waals surface area (Å²) in [5.41, 5.74) is 2.86. The van der Waals surface area contributed by atoms with E-state index in [0.717, 1.165) is 6.42 Å². The summed E-state index contributed by atoms with van der Waals surface area (Å²) in [4.78, 5) is 0. The van der Waals surface area contributed by atoms with Gasteiger partial charge in [0, 0.05) is 0 Å². The first-order chi connectivity index (χ1) is 13.5. The van der Waals surface area contributed by atoms with Gasteiger partial charge < -0.3 is 24.8 Å². The van der Waals surface area contributed by atoms with Crippen LogP contribution < -0.4 is 24.8 Å². The molecule has 0 nitrogen and oxygen atoms in total. The van der Waals surface area contributed by atoms with E-state index in [-0.39, 0.29) is 30.2 Å². The fourth-order valence-corrected chi connectivity index (χ4v) is 8.47. The van der Waals surface area contributed by atoms with Crippen LogP contribution in [0.25, 0.3) is 21.5 Å². The topological polar surface area (TPSA) is 0 Å². The number of rotatable bonds is 4. The van der Waals surface area contributed by atoms with E-state index in [4.69, 9.17) is 0 Å². The molecule has 4 rings (SSSR count). The van der Waals surface area contributed by atoms with Crippen LogP contribution in [-0.4, -0.2) is 5.43 Å². The summed E-state index contributed by atoms with van der Waals surface area (Å²) in [5.74, 6) is 0. The van der Waals surface area contributed by atoms with E-state index >= 15 is 0 Å². The Labute approximate surface area is 210 Å². The molecule has 0 atom stereocenters. The largest absolute Gasteiger partial charge is 1.00 e. The number of hydrogen-bond acceptors (Lipinski definition) is 0. The molecule has 0 fully saturated rings. The Hall–Kier alpha value is -0.530. The molecule has 0 spiro atoms. The van der Waals surface area contributed by atoms with Gasteiger partial charge in [-0.3, -0.25) is 6.08 Å². The summed E-state index contributed by atoms with van der Waals surface area (Å²) in [6.07, 6.45) is 12.8. The normalized spacial score (nSPS) is 11.1. The second kappa shape index (κ2) is 16.2. The zero-order chi connectivity index (χ0) is 20.4. The molecule has 0 amide bonds. The second-order valence-corrected chi connectivity index (χ2v) is 14.9. The molecule has 0 aliphatic heterocycles. The molecule has 0 N–H and O–H groups in total. The van der Waals surface area contributed by atoms with E-state index in [2.05, 4.69) is 82.3 Å². The van der Waals surface area contributed by atoms with Crippen molar-refractivity contribution >= 4 is 27.0 Å². The van der Waals surface area contributed by atoms with E-state index in [9.17, 15) is 0 Å². The summed E-state index contributed by atoms with van der Waals surface area (Å²) in [7, 11) is 0. The van der Waals surface area contributed by atoms with Crippen LogP contribution in [-0.2, 0) is 23.3 Å². The van der Waals surface area contributed by atoms with Gasteiger partial charge in [-0.25, -0.2) is 12.2 Å². The first-order valence-corrected chi connectivity index (χ1v) is 16.0. The standard InChI is InChI=1S/C15H13.C6H14Si.C5H5.2ClH.Zr/c1-10-3-5-14-12(7-10)9-13-8-11(2)4-6-15(13)14;1-3-5-7-6-4-2;1-2-4-5-3-1;;;/h3-9H,1-2H3;3-6H2,1-2H3;1-3H,4H2;2*1H;/q-1;;-1;;;+2/p-2. The number of hydrogen-bond donors (Lipinski definition) is 0. The van der Waals surface area contributed by atoms with Crippen molar-refractivity contribution < 1.29 is 48.1 Å². The van der Waals surface area contributed by atoms with Gasteiger partial charge in [0.15, 0.2) is 0 Å². The summed E-state index contributed by atoms with van der Waals surface area (Å²) in [5, 5.41) is 5.46. The number of halogens is 2. The van der Waals surface area contributed by atoms with Crippen molar-refractivity contribution in [1.29, 1.82) is 0 Å². The van der Waals surface area contributed by atoms with E-state index in [1.54, 1.807) is 12.1 Å². The van der Waals surface area contributed by atoms with Gasteiger partial charge in [-0.1, -0.05) is 35.4 Å². The van der Waals surface area contributed by atoms with Crippen molar-refractivity contribution in [3.8, 4) is 0 Å².